The van der Waals surface area contributed by atoms with Crippen LogP contribution in [0.2, 0.25) is 0 Å². The van der Waals surface area contributed by atoms with Crippen LogP contribution in [0.15, 0.2) is 23.3 Å². The quantitative estimate of drug-likeness (QED) is 0.869. The third-order valence-electron chi connectivity index (χ3n) is 4.22. The van der Waals surface area contributed by atoms with Gasteiger partial charge in [-0.2, -0.15) is 5.10 Å². The molecule has 2 atom stereocenters. The molecule has 1 aliphatic carbocycles. The zero-order valence-corrected chi connectivity index (χ0v) is 13.7. The number of ether oxygens (including phenoxy) is 2. The molecule has 2 rings (SSSR count). The van der Waals surface area contributed by atoms with Crippen LogP contribution >= 0.6 is 0 Å². The van der Waals surface area contributed by atoms with Crippen molar-refractivity contribution in [2.45, 2.75) is 33.1 Å². The van der Waals surface area contributed by atoms with Gasteiger partial charge in [-0.15, -0.1) is 0 Å². The number of nitrogens with zero attached hydrogens (tertiary/aromatic N) is 1. The molecule has 1 aromatic rings. The summed E-state index contributed by atoms with van der Waals surface area (Å²) in [7, 11) is 3.11. The smallest absolute Gasteiger partial charge is 0.271 e. The molecule has 22 heavy (non-hydrogen) atoms. The van der Waals surface area contributed by atoms with Crippen molar-refractivity contribution in [3.63, 3.8) is 0 Å². The first kappa shape index (κ1) is 16.3. The molecule has 1 aliphatic rings. The summed E-state index contributed by atoms with van der Waals surface area (Å²) in [5.74, 6) is 1.74. The Bertz CT molecular complexity index is 557. The topological polar surface area (TPSA) is 59.9 Å². The van der Waals surface area contributed by atoms with Crippen molar-refractivity contribution < 1.29 is 14.3 Å². The average Bonchev–Trinajstić information content (AvgIpc) is 2.53. The van der Waals surface area contributed by atoms with Crippen molar-refractivity contribution in [2.75, 3.05) is 14.2 Å². The molecule has 5 nitrogen and oxygen atoms in total. The molecule has 0 aliphatic heterocycles. The van der Waals surface area contributed by atoms with Gasteiger partial charge in [-0.3, -0.25) is 4.79 Å². The molecule has 0 spiro atoms. The molecular weight excluding hydrogens is 280 g/mol. The maximum atomic E-state index is 12.3. The first-order valence-corrected chi connectivity index (χ1v) is 7.66. The van der Waals surface area contributed by atoms with E-state index in [4.69, 9.17) is 9.47 Å². The Balaban J connectivity index is 2.12. The van der Waals surface area contributed by atoms with Gasteiger partial charge in [0.1, 0.15) is 0 Å². The standard InChI is InChI=1S/C17H24N2O3/c1-11-6-5-7-12(2)16(11)18-19-17(20)13-8-9-14(21-3)15(10-13)22-4/h8-12H,5-7H2,1-4H3,(H,19,20)/t11-,12-/m0/s1. The highest BCUT2D eigenvalue weighted by molar-refractivity contribution is 5.96. The van der Waals surface area contributed by atoms with Gasteiger partial charge in [0, 0.05) is 11.3 Å². The molecule has 0 heterocycles. The van der Waals surface area contributed by atoms with Crippen LogP contribution in [0.4, 0.5) is 0 Å². The van der Waals surface area contributed by atoms with Crippen molar-refractivity contribution in [3.05, 3.63) is 23.8 Å². The van der Waals surface area contributed by atoms with Crippen LogP contribution in [-0.4, -0.2) is 25.8 Å². The van der Waals surface area contributed by atoms with Gasteiger partial charge in [0.05, 0.1) is 14.2 Å². The van der Waals surface area contributed by atoms with E-state index in [1.165, 1.54) is 6.42 Å². The highest BCUT2D eigenvalue weighted by Crippen LogP contribution is 2.28. The highest BCUT2D eigenvalue weighted by Gasteiger charge is 2.23. The van der Waals surface area contributed by atoms with E-state index in [2.05, 4.69) is 24.4 Å². The summed E-state index contributed by atoms with van der Waals surface area (Å²) < 4.78 is 10.4. The van der Waals surface area contributed by atoms with Crippen LogP contribution < -0.4 is 14.9 Å². The number of methoxy groups -OCH3 is 2. The van der Waals surface area contributed by atoms with Crippen LogP contribution in [0.1, 0.15) is 43.5 Å². The fraction of sp³-hybridized carbons (Fsp3) is 0.529. The lowest BCUT2D eigenvalue weighted by Gasteiger charge is -2.26. The zero-order valence-electron chi connectivity index (χ0n) is 13.7. The SMILES string of the molecule is COc1ccc(C(=O)NN=C2[C@@H](C)CCC[C@@H]2C)cc1OC. The summed E-state index contributed by atoms with van der Waals surface area (Å²) in [6.45, 7) is 4.33. The predicted molar refractivity (Wildman–Crippen MR) is 86.6 cm³/mol. The predicted octanol–water partition coefficient (Wildman–Crippen LogP) is 3.25. The fourth-order valence-corrected chi connectivity index (χ4v) is 2.89. The maximum Gasteiger partial charge on any atom is 0.271 e. The Morgan fingerprint density at radius 1 is 1.14 bits per heavy atom. The van der Waals surface area contributed by atoms with Crippen molar-refractivity contribution in [1.29, 1.82) is 0 Å². The third kappa shape index (κ3) is 3.59. The zero-order chi connectivity index (χ0) is 16.1. The highest BCUT2D eigenvalue weighted by atomic mass is 16.5. The monoisotopic (exact) mass is 304 g/mol. The van der Waals surface area contributed by atoms with E-state index in [9.17, 15) is 4.79 Å². The number of nitrogens with one attached hydrogen (secondary N) is 1. The Morgan fingerprint density at radius 2 is 1.77 bits per heavy atom. The Morgan fingerprint density at radius 3 is 2.36 bits per heavy atom. The molecule has 0 bridgehead atoms. The fourth-order valence-electron chi connectivity index (χ4n) is 2.89. The number of carbonyl (C=O) groups excluding carboxylic acids is 1. The van der Waals surface area contributed by atoms with Crippen molar-refractivity contribution in [2.24, 2.45) is 16.9 Å². The Labute approximate surface area is 131 Å². The Kier molecular flexibility index (Phi) is 5.41. The van der Waals surface area contributed by atoms with Gasteiger partial charge in [0.2, 0.25) is 0 Å². The van der Waals surface area contributed by atoms with E-state index in [1.807, 2.05) is 0 Å². The largest absolute Gasteiger partial charge is 0.493 e. The minimum Gasteiger partial charge on any atom is -0.493 e. The van der Waals surface area contributed by atoms with E-state index in [-0.39, 0.29) is 5.91 Å². The first-order valence-electron chi connectivity index (χ1n) is 7.66. The van der Waals surface area contributed by atoms with Gasteiger partial charge < -0.3 is 9.47 Å². The molecule has 1 saturated carbocycles. The molecule has 0 aromatic heterocycles. The van der Waals surface area contributed by atoms with Gasteiger partial charge in [0.15, 0.2) is 11.5 Å². The van der Waals surface area contributed by atoms with Crippen LogP contribution in [-0.2, 0) is 0 Å². The van der Waals surface area contributed by atoms with Crippen LogP contribution in [0.25, 0.3) is 0 Å². The van der Waals surface area contributed by atoms with Crippen LogP contribution in [0, 0.1) is 11.8 Å². The second-order valence-electron chi connectivity index (χ2n) is 5.78. The summed E-state index contributed by atoms with van der Waals surface area (Å²) in [6.07, 6.45) is 3.50. The van der Waals surface area contributed by atoms with Gasteiger partial charge in [0.25, 0.3) is 5.91 Å². The van der Waals surface area contributed by atoms with E-state index in [0.717, 1.165) is 18.6 Å². The number of amides is 1. The third-order valence-corrected chi connectivity index (χ3v) is 4.22. The number of hydrogen-bond acceptors (Lipinski definition) is 4. The summed E-state index contributed by atoms with van der Waals surface area (Å²) in [6, 6.07) is 5.07. The second kappa shape index (κ2) is 7.29. The van der Waals surface area contributed by atoms with E-state index in [0.29, 0.717) is 28.9 Å². The van der Waals surface area contributed by atoms with Crippen LogP contribution in [0.3, 0.4) is 0 Å². The molecule has 0 saturated heterocycles. The number of hydrazone groups is 1. The molecule has 0 unspecified atom stereocenters. The minimum atomic E-state index is -0.238. The number of hydrogen-bond donors (Lipinski definition) is 1. The van der Waals surface area contributed by atoms with Crippen LogP contribution in [0.5, 0.6) is 11.5 Å². The number of benzene rings is 1. The molecule has 1 N–H and O–H groups in total. The molecular formula is C17H24N2O3. The van der Waals surface area contributed by atoms with Gasteiger partial charge in [-0.05, 0) is 42.9 Å². The number of carbonyl (C=O) groups is 1. The first-order chi connectivity index (χ1) is 10.6. The molecule has 1 aromatic carbocycles. The van der Waals surface area contributed by atoms with E-state index in [1.54, 1.807) is 32.4 Å². The second-order valence-corrected chi connectivity index (χ2v) is 5.78. The lowest BCUT2D eigenvalue weighted by molar-refractivity contribution is 0.0954. The van der Waals surface area contributed by atoms with E-state index >= 15 is 0 Å². The normalized spacial score (nSPS) is 21.2. The van der Waals surface area contributed by atoms with Crippen molar-refractivity contribution >= 4 is 11.6 Å². The molecule has 5 heteroatoms. The van der Waals surface area contributed by atoms with Gasteiger partial charge >= 0.3 is 0 Å². The summed E-state index contributed by atoms with van der Waals surface area (Å²) >= 11 is 0. The minimum absolute atomic E-state index is 0.238. The lowest BCUT2D eigenvalue weighted by atomic mass is 9.81. The van der Waals surface area contributed by atoms with Gasteiger partial charge in [-0.1, -0.05) is 20.3 Å². The Hall–Kier alpha value is -2.04. The molecule has 1 fully saturated rings. The summed E-state index contributed by atoms with van der Waals surface area (Å²) in [5, 5.41) is 4.36. The molecule has 120 valence electrons. The van der Waals surface area contributed by atoms with Gasteiger partial charge in [-0.25, -0.2) is 5.43 Å². The van der Waals surface area contributed by atoms with E-state index < -0.39 is 0 Å². The summed E-state index contributed by atoms with van der Waals surface area (Å²) in [5.41, 5.74) is 4.25. The van der Waals surface area contributed by atoms with Crippen molar-refractivity contribution in [1.82, 2.24) is 5.43 Å². The number of rotatable bonds is 4. The average molecular weight is 304 g/mol. The lowest BCUT2D eigenvalue weighted by Crippen LogP contribution is -2.29. The maximum absolute atomic E-state index is 12.3. The molecule has 1 amide bonds. The van der Waals surface area contributed by atoms with Crippen molar-refractivity contribution in [3.8, 4) is 11.5 Å². The molecule has 0 radical (unpaired) electrons. The summed E-state index contributed by atoms with van der Waals surface area (Å²) in [4.78, 5) is 12.3.